The van der Waals surface area contributed by atoms with E-state index in [1.165, 1.54) is 7.11 Å². The van der Waals surface area contributed by atoms with Gasteiger partial charge in [0.05, 0.1) is 12.0 Å². The molecule has 1 amide bonds. The van der Waals surface area contributed by atoms with Gasteiger partial charge in [0.1, 0.15) is 6.04 Å². The Morgan fingerprint density at radius 1 is 1.47 bits per heavy atom. The van der Waals surface area contributed by atoms with Gasteiger partial charge in [0.2, 0.25) is 5.91 Å². The lowest BCUT2D eigenvalue weighted by molar-refractivity contribution is -0.142. The van der Waals surface area contributed by atoms with Crippen LogP contribution < -0.4 is 5.32 Å². The van der Waals surface area contributed by atoms with E-state index in [0.717, 1.165) is 0 Å². The van der Waals surface area contributed by atoms with Crippen molar-refractivity contribution >= 4 is 23.6 Å². The minimum atomic E-state index is -0.998. The molecule has 0 spiro atoms. The summed E-state index contributed by atoms with van der Waals surface area (Å²) in [4.78, 5) is 22.6. The van der Waals surface area contributed by atoms with E-state index < -0.39 is 17.6 Å². The number of amides is 1. The summed E-state index contributed by atoms with van der Waals surface area (Å²) in [6.45, 7) is 3.56. The predicted molar refractivity (Wildman–Crippen MR) is 68.3 cm³/mol. The van der Waals surface area contributed by atoms with Crippen LogP contribution in [0.2, 0.25) is 0 Å². The number of carbonyl (C=O) groups is 2. The van der Waals surface area contributed by atoms with Crippen molar-refractivity contribution in [1.82, 2.24) is 5.32 Å². The first-order valence-electron chi connectivity index (χ1n) is 5.38. The third kappa shape index (κ3) is 7.23. The van der Waals surface area contributed by atoms with E-state index in [-0.39, 0.29) is 12.3 Å². The first kappa shape index (κ1) is 16.2. The SMILES string of the molecule is COC(C)(C)CC(=O)NC(CCSC)C(=O)O. The first-order valence-corrected chi connectivity index (χ1v) is 6.78. The molecule has 1 atom stereocenters. The average Bonchev–Trinajstić information content (AvgIpc) is 2.23. The van der Waals surface area contributed by atoms with Crippen LogP contribution in [0.4, 0.5) is 0 Å². The maximum absolute atomic E-state index is 11.6. The molecule has 2 N–H and O–H groups in total. The van der Waals surface area contributed by atoms with E-state index in [2.05, 4.69) is 5.32 Å². The molecule has 0 aliphatic carbocycles. The van der Waals surface area contributed by atoms with Crippen molar-refractivity contribution in [3.63, 3.8) is 0 Å². The molecule has 6 heteroatoms. The van der Waals surface area contributed by atoms with Gasteiger partial charge in [-0.1, -0.05) is 0 Å². The highest BCUT2D eigenvalue weighted by Gasteiger charge is 2.25. The molecule has 0 aliphatic heterocycles. The lowest BCUT2D eigenvalue weighted by Crippen LogP contribution is -2.43. The smallest absolute Gasteiger partial charge is 0.326 e. The molecule has 17 heavy (non-hydrogen) atoms. The minimum Gasteiger partial charge on any atom is -0.480 e. The maximum Gasteiger partial charge on any atom is 0.326 e. The van der Waals surface area contributed by atoms with Crippen molar-refractivity contribution < 1.29 is 19.4 Å². The molecule has 0 saturated heterocycles. The topological polar surface area (TPSA) is 75.6 Å². The molecule has 0 fully saturated rings. The molecule has 0 rings (SSSR count). The van der Waals surface area contributed by atoms with Crippen molar-refractivity contribution in [3.05, 3.63) is 0 Å². The Morgan fingerprint density at radius 3 is 2.47 bits per heavy atom. The lowest BCUT2D eigenvalue weighted by atomic mass is 10.0. The lowest BCUT2D eigenvalue weighted by Gasteiger charge is -2.23. The quantitative estimate of drug-likeness (QED) is 0.686. The Morgan fingerprint density at radius 2 is 2.06 bits per heavy atom. The molecule has 0 radical (unpaired) electrons. The predicted octanol–water partition coefficient (Wildman–Crippen LogP) is 1.12. The van der Waals surface area contributed by atoms with Crippen LogP contribution in [-0.2, 0) is 14.3 Å². The second-order valence-electron chi connectivity index (χ2n) is 4.38. The summed E-state index contributed by atoms with van der Waals surface area (Å²) in [6, 6.07) is -0.817. The fourth-order valence-corrected chi connectivity index (χ4v) is 1.67. The van der Waals surface area contributed by atoms with Crippen LogP contribution in [0.25, 0.3) is 0 Å². The van der Waals surface area contributed by atoms with Gasteiger partial charge < -0.3 is 15.2 Å². The van der Waals surface area contributed by atoms with Crippen molar-refractivity contribution in [3.8, 4) is 0 Å². The average molecular weight is 263 g/mol. The number of hydrogen-bond acceptors (Lipinski definition) is 4. The zero-order valence-electron chi connectivity index (χ0n) is 10.8. The van der Waals surface area contributed by atoms with Crippen LogP contribution >= 0.6 is 11.8 Å². The Kier molecular flexibility index (Phi) is 7.22. The largest absolute Gasteiger partial charge is 0.480 e. The second kappa shape index (κ2) is 7.55. The molecular weight excluding hydrogens is 242 g/mol. The van der Waals surface area contributed by atoms with Crippen LogP contribution in [0.15, 0.2) is 0 Å². The molecule has 0 aromatic heterocycles. The van der Waals surface area contributed by atoms with Crippen molar-refractivity contribution in [2.75, 3.05) is 19.1 Å². The summed E-state index contributed by atoms with van der Waals surface area (Å²) in [7, 11) is 1.52. The molecule has 0 heterocycles. The molecule has 1 unspecified atom stereocenters. The Hall–Kier alpha value is -0.750. The van der Waals surface area contributed by atoms with E-state index in [9.17, 15) is 9.59 Å². The molecule has 0 saturated carbocycles. The van der Waals surface area contributed by atoms with E-state index in [0.29, 0.717) is 12.2 Å². The minimum absolute atomic E-state index is 0.145. The summed E-state index contributed by atoms with van der Waals surface area (Å²) >= 11 is 1.55. The van der Waals surface area contributed by atoms with E-state index in [1.807, 2.05) is 6.26 Å². The third-order valence-electron chi connectivity index (χ3n) is 2.38. The normalized spacial score (nSPS) is 13.2. The number of carbonyl (C=O) groups excluding carboxylic acids is 1. The van der Waals surface area contributed by atoms with Gasteiger partial charge in [0.15, 0.2) is 0 Å². The highest BCUT2D eigenvalue weighted by Crippen LogP contribution is 2.13. The first-order chi connectivity index (χ1) is 7.82. The monoisotopic (exact) mass is 263 g/mol. The molecule has 0 aliphatic rings. The highest BCUT2D eigenvalue weighted by atomic mass is 32.2. The van der Waals surface area contributed by atoms with Gasteiger partial charge in [-0.15, -0.1) is 0 Å². The van der Waals surface area contributed by atoms with Crippen LogP contribution in [-0.4, -0.2) is 47.7 Å². The number of carboxylic acid groups (broad SMARTS) is 1. The number of rotatable bonds is 8. The number of hydrogen-bond donors (Lipinski definition) is 2. The maximum atomic E-state index is 11.6. The molecule has 0 bridgehead atoms. The molecule has 5 nitrogen and oxygen atoms in total. The van der Waals surface area contributed by atoms with Gasteiger partial charge in [0.25, 0.3) is 0 Å². The Labute approximate surface area is 106 Å². The van der Waals surface area contributed by atoms with Crippen LogP contribution in [0.5, 0.6) is 0 Å². The molecular formula is C11H21NO4S. The van der Waals surface area contributed by atoms with Crippen molar-refractivity contribution in [1.29, 1.82) is 0 Å². The standard InChI is InChI=1S/C11H21NO4S/c1-11(2,16-3)7-9(13)12-8(10(14)15)5-6-17-4/h8H,5-7H2,1-4H3,(H,12,13)(H,14,15). The Balaban J connectivity index is 4.26. The summed E-state index contributed by atoms with van der Waals surface area (Å²) in [5.74, 6) is -0.599. The number of carboxylic acids is 1. The fraction of sp³-hybridized carbons (Fsp3) is 0.818. The summed E-state index contributed by atoms with van der Waals surface area (Å²) < 4.78 is 5.12. The summed E-state index contributed by atoms with van der Waals surface area (Å²) in [5, 5.41) is 11.5. The third-order valence-corrected chi connectivity index (χ3v) is 3.03. The Bertz CT molecular complexity index is 268. The number of thioether (sulfide) groups is 1. The van der Waals surface area contributed by atoms with Gasteiger partial charge in [-0.3, -0.25) is 4.79 Å². The van der Waals surface area contributed by atoms with Crippen LogP contribution in [0.1, 0.15) is 26.7 Å². The number of ether oxygens (including phenoxy) is 1. The summed E-state index contributed by atoms with van der Waals surface area (Å²) in [6.07, 6.45) is 2.47. The fourth-order valence-electron chi connectivity index (χ4n) is 1.20. The highest BCUT2D eigenvalue weighted by molar-refractivity contribution is 7.98. The van der Waals surface area contributed by atoms with Gasteiger partial charge in [-0.05, 0) is 32.3 Å². The van der Waals surface area contributed by atoms with Crippen molar-refractivity contribution in [2.45, 2.75) is 38.3 Å². The number of aliphatic carboxylic acids is 1. The van der Waals surface area contributed by atoms with Gasteiger partial charge in [-0.2, -0.15) is 11.8 Å². The number of methoxy groups -OCH3 is 1. The summed E-state index contributed by atoms with van der Waals surface area (Å²) in [5.41, 5.74) is -0.577. The zero-order valence-corrected chi connectivity index (χ0v) is 11.6. The van der Waals surface area contributed by atoms with Gasteiger partial charge >= 0.3 is 5.97 Å². The van der Waals surface area contributed by atoms with Gasteiger partial charge in [0, 0.05) is 7.11 Å². The van der Waals surface area contributed by atoms with E-state index >= 15 is 0 Å². The van der Waals surface area contributed by atoms with Crippen molar-refractivity contribution in [2.24, 2.45) is 0 Å². The van der Waals surface area contributed by atoms with Crippen LogP contribution in [0.3, 0.4) is 0 Å². The number of nitrogens with one attached hydrogen (secondary N) is 1. The van der Waals surface area contributed by atoms with Gasteiger partial charge in [-0.25, -0.2) is 4.79 Å². The van der Waals surface area contributed by atoms with E-state index in [4.69, 9.17) is 9.84 Å². The second-order valence-corrected chi connectivity index (χ2v) is 5.37. The van der Waals surface area contributed by atoms with Crippen LogP contribution in [0, 0.1) is 0 Å². The zero-order chi connectivity index (χ0) is 13.5. The van der Waals surface area contributed by atoms with E-state index in [1.54, 1.807) is 25.6 Å². The molecule has 0 aromatic carbocycles. The molecule has 0 aromatic rings. The molecule has 100 valence electrons.